The van der Waals surface area contributed by atoms with Crippen LogP contribution < -0.4 is 14.4 Å². The maximum absolute atomic E-state index is 15.8. The molecule has 3 nitrogen and oxygen atoms in total. The molecule has 1 unspecified atom stereocenters. The van der Waals surface area contributed by atoms with E-state index in [-0.39, 0.29) is 5.82 Å². The number of benzene rings is 6. The second-order valence-corrected chi connectivity index (χ2v) is 13.8. The van der Waals surface area contributed by atoms with Gasteiger partial charge in [-0.05, 0) is 101 Å². The Bertz CT molecular complexity index is 2150. The number of halogens is 1. The fourth-order valence-corrected chi connectivity index (χ4v) is 7.69. The molecule has 0 aliphatic carbocycles. The van der Waals surface area contributed by atoms with E-state index >= 15 is 4.39 Å². The normalized spacial score (nSPS) is 16.6. The Balaban J connectivity index is 1.13. The quantitative estimate of drug-likeness (QED) is 0.128. The van der Waals surface area contributed by atoms with Crippen LogP contribution in [0.15, 0.2) is 133 Å². The smallest absolute Gasteiger partial charge is 0.180 e. The zero-order valence-electron chi connectivity index (χ0n) is 29.3. The van der Waals surface area contributed by atoms with Crippen molar-refractivity contribution in [3.05, 3.63) is 156 Å². The topological polar surface area (TPSA) is 21.7 Å². The number of ether oxygens (including phenoxy) is 2. The molecule has 1 atom stereocenters. The van der Waals surface area contributed by atoms with E-state index < -0.39 is 5.60 Å². The predicted molar refractivity (Wildman–Crippen MR) is 209 cm³/mol. The van der Waals surface area contributed by atoms with E-state index in [4.69, 9.17) is 9.47 Å². The third-order valence-corrected chi connectivity index (χ3v) is 10.5. The summed E-state index contributed by atoms with van der Waals surface area (Å²) in [5, 5.41) is 2.24. The van der Waals surface area contributed by atoms with Gasteiger partial charge < -0.3 is 14.4 Å². The largest absolute Gasteiger partial charge is 0.494 e. The molecule has 0 radical (unpaired) electrons. The van der Waals surface area contributed by atoms with Gasteiger partial charge in [0.05, 0.1) is 6.61 Å². The summed E-state index contributed by atoms with van der Waals surface area (Å²) < 4.78 is 28.8. The van der Waals surface area contributed by atoms with Crippen molar-refractivity contribution >= 4 is 22.5 Å². The van der Waals surface area contributed by atoms with Gasteiger partial charge in [-0.2, -0.15) is 0 Å². The molecule has 1 saturated heterocycles. The van der Waals surface area contributed by atoms with Crippen LogP contribution in [0.4, 0.5) is 10.1 Å². The Morgan fingerprint density at radius 1 is 0.706 bits per heavy atom. The van der Waals surface area contributed by atoms with E-state index in [1.807, 2.05) is 18.2 Å². The van der Waals surface area contributed by atoms with Crippen molar-refractivity contribution in [2.45, 2.75) is 51.0 Å². The summed E-state index contributed by atoms with van der Waals surface area (Å²) in [5.41, 5.74) is 6.91. The van der Waals surface area contributed by atoms with E-state index in [9.17, 15) is 0 Å². The van der Waals surface area contributed by atoms with Crippen molar-refractivity contribution in [1.29, 1.82) is 0 Å². The monoisotopic (exact) mass is 673 g/mol. The minimum Gasteiger partial charge on any atom is -0.494 e. The van der Waals surface area contributed by atoms with Crippen molar-refractivity contribution < 1.29 is 13.9 Å². The lowest BCUT2D eigenvalue weighted by Crippen LogP contribution is -2.35. The molecule has 2 aliphatic rings. The Morgan fingerprint density at radius 2 is 1.37 bits per heavy atom. The number of rotatable bonds is 11. The molecular weight excluding hydrogens is 630 g/mol. The van der Waals surface area contributed by atoms with Crippen molar-refractivity contribution in [3.63, 3.8) is 0 Å². The zero-order valence-corrected chi connectivity index (χ0v) is 29.3. The third-order valence-electron chi connectivity index (χ3n) is 10.5. The highest BCUT2D eigenvalue weighted by molar-refractivity contribution is 6.03. The second-order valence-electron chi connectivity index (χ2n) is 13.8. The third kappa shape index (κ3) is 6.52. The minimum atomic E-state index is -1.13. The molecule has 4 heteroatoms. The number of anilines is 1. The van der Waals surface area contributed by atoms with Gasteiger partial charge in [0.15, 0.2) is 5.60 Å². The summed E-state index contributed by atoms with van der Waals surface area (Å²) in [7, 11) is 0. The molecular formula is C47H44FNO2. The summed E-state index contributed by atoms with van der Waals surface area (Å²) in [6.07, 6.45) is 11.4. The molecule has 0 N–H and O–H groups in total. The van der Waals surface area contributed by atoms with Crippen LogP contribution in [0, 0.1) is 5.82 Å². The van der Waals surface area contributed by atoms with Gasteiger partial charge in [0, 0.05) is 35.5 Å². The summed E-state index contributed by atoms with van der Waals surface area (Å²) in [5.74, 6) is 1.35. The fourth-order valence-electron chi connectivity index (χ4n) is 7.69. The Hall–Kier alpha value is -5.35. The molecule has 2 aliphatic heterocycles. The SMILES string of the molecule is CCCCCCOc1ccc(-c2ccc(-c3cc4c(c5ccccc35)C=CC(c3ccc(N5CCCC5)cc3)(c3ccccc3F)O4)cc2)cc1. The highest BCUT2D eigenvalue weighted by Crippen LogP contribution is 2.47. The van der Waals surface area contributed by atoms with Crippen LogP contribution in [0.5, 0.6) is 11.5 Å². The molecule has 0 saturated carbocycles. The fraction of sp³-hybridized carbons (Fsp3) is 0.234. The number of fused-ring (bicyclic) bond motifs is 3. The van der Waals surface area contributed by atoms with Crippen LogP contribution in [-0.2, 0) is 5.60 Å². The van der Waals surface area contributed by atoms with Gasteiger partial charge >= 0.3 is 0 Å². The van der Waals surface area contributed by atoms with Gasteiger partial charge in [0.25, 0.3) is 0 Å². The number of nitrogens with zero attached hydrogens (tertiary/aromatic N) is 1. The predicted octanol–water partition coefficient (Wildman–Crippen LogP) is 12.2. The van der Waals surface area contributed by atoms with Crippen LogP contribution in [0.1, 0.15) is 62.1 Å². The van der Waals surface area contributed by atoms with E-state index in [0.717, 1.165) is 81.8 Å². The average molecular weight is 674 g/mol. The lowest BCUT2D eigenvalue weighted by Gasteiger charge is -2.37. The van der Waals surface area contributed by atoms with E-state index in [1.165, 1.54) is 43.9 Å². The molecule has 0 spiro atoms. The first kappa shape index (κ1) is 32.8. The van der Waals surface area contributed by atoms with Crippen LogP contribution in [0.2, 0.25) is 0 Å². The second kappa shape index (κ2) is 14.5. The summed E-state index contributed by atoms with van der Waals surface area (Å²) >= 11 is 0. The molecule has 256 valence electrons. The first-order chi connectivity index (χ1) is 25.1. The van der Waals surface area contributed by atoms with Crippen LogP contribution in [0.25, 0.3) is 39.1 Å². The van der Waals surface area contributed by atoms with Gasteiger partial charge in [-0.1, -0.05) is 117 Å². The van der Waals surface area contributed by atoms with Gasteiger partial charge in [0.2, 0.25) is 0 Å². The van der Waals surface area contributed by atoms with Gasteiger partial charge in [0.1, 0.15) is 17.3 Å². The van der Waals surface area contributed by atoms with Crippen molar-refractivity contribution in [3.8, 4) is 33.8 Å². The van der Waals surface area contributed by atoms with Crippen molar-refractivity contribution in [2.24, 2.45) is 0 Å². The van der Waals surface area contributed by atoms with Crippen LogP contribution >= 0.6 is 0 Å². The number of unbranched alkanes of at least 4 members (excludes halogenated alkanes) is 3. The molecule has 6 aromatic carbocycles. The Kier molecular flexibility index (Phi) is 9.32. The molecule has 0 aromatic heterocycles. The van der Waals surface area contributed by atoms with Gasteiger partial charge in [-0.15, -0.1) is 0 Å². The average Bonchev–Trinajstić information content (AvgIpc) is 3.73. The summed E-state index contributed by atoms with van der Waals surface area (Å²) in [4.78, 5) is 2.41. The molecule has 51 heavy (non-hydrogen) atoms. The molecule has 2 heterocycles. The molecule has 1 fully saturated rings. The highest BCUT2D eigenvalue weighted by atomic mass is 19.1. The maximum atomic E-state index is 15.8. The maximum Gasteiger partial charge on any atom is 0.180 e. The molecule has 0 bridgehead atoms. The molecule has 6 aromatic rings. The summed E-state index contributed by atoms with van der Waals surface area (Å²) in [6.45, 7) is 5.12. The van der Waals surface area contributed by atoms with E-state index in [1.54, 1.807) is 6.07 Å². The highest BCUT2D eigenvalue weighted by Gasteiger charge is 2.40. The summed E-state index contributed by atoms with van der Waals surface area (Å²) in [6, 6.07) is 43.2. The number of hydrogen-bond acceptors (Lipinski definition) is 3. The Labute approximate surface area is 301 Å². The molecule has 0 amide bonds. The van der Waals surface area contributed by atoms with Crippen molar-refractivity contribution in [1.82, 2.24) is 0 Å². The number of hydrogen-bond donors (Lipinski definition) is 0. The molecule has 8 rings (SSSR count). The van der Waals surface area contributed by atoms with Crippen molar-refractivity contribution in [2.75, 3.05) is 24.6 Å². The van der Waals surface area contributed by atoms with Gasteiger partial charge in [-0.25, -0.2) is 4.39 Å². The lowest BCUT2D eigenvalue weighted by atomic mass is 9.82. The standard InChI is InChI=1S/C47H44FNO2/c1-2-3-4-11-32-50-39-26-20-35(21-27-39)34-16-18-36(19-17-34)43-33-46-42(40-12-5-6-13-41(40)43)28-29-47(51-46,44-14-7-8-15-45(44)48)37-22-24-38(25-23-37)49-30-9-10-31-49/h5-8,12-29,33H,2-4,9-11,30-32H2,1H3. The minimum absolute atomic E-state index is 0.294. The zero-order chi connectivity index (χ0) is 34.6. The van der Waals surface area contributed by atoms with Crippen LogP contribution in [0.3, 0.4) is 0 Å². The first-order valence-corrected chi connectivity index (χ1v) is 18.5. The lowest BCUT2D eigenvalue weighted by molar-refractivity contribution is 0.156. The van der Waals surface area contributed by atoms with E-state index in [2.05, 4.69) is 121 Å². The first-order valence-electron chi connectivity index (χ1n) is 18.5. The van der Waals surface area contributed by atoms with Crippen LogP contribution in [-0.4, -0.2) is 19.7 Å². The van der Waals surface area contributed by atoms with Gasteiger partial charge in [-0.3, -0.25) is 0 Å². The van der Waals surface area contributed by atoms with E-state index in [0.29, 0.717) is 5.56 Å². The Morgan fingerprint density at radius 3 is 2.10 bits per heavy atom.